The molecule has 4 aromatic rings. The van der Waals surface area contributed by atoms with E-state index in [4.69, 9.17) is 0 Å². The van der Waals surface area contributed by atoms with Crippen LogP contribution in [0.3, 0.4) is 0 Å². The number of carbonyl (C=O) groups excluding carboxylic acids is 3. The van der Waals surface area contributed by atoms with E-state index in [2.05, 4.69) is 41.3 Å². The van der Waals surface area contributed by atoms with Gasteiger partial charge in [0.05, 0.1) is 11.1 Å². The van der Waals surface area contributed by atoms with Gasteiger partial charge in [0.2, 0.25) is 11.8 Å². The molecule has 0 radical (unpaired) electrons. The number of benzene rings is 1. The summed E-state index contributed by atoms with van der Waals surface area (Å²) in [5.74, 6) is -0.770. The van der Waals surface area contributed by atoms with E-state index in [0.717, 1.165) is 16.3 Å². The van der Waals surface area contributed by atoms with Crippen molar-refractivity contribution in [2.24, 2.45) is 5.41 Å². The first-order chi connectivity index (χ1) is 20.7. The molecule has 4 heterocycles. The quantitative estimate of drug-likeness (QED) is 0.212. The fourth-order valence-electron chi connectivity index (χ4n) is 6.02. The van der Waals surface area contributed by atoms with E-state index in [9.17, 15) is 27.6 Å². The summed E-state index contributed by atoms with van der Waals surface area (Å²) in [5.41, 5.74) is -0.714. The third-order valence-corrected chi connectivity index (χ3v) is 8.85. The molecule has 44 heavy (non-hydrogen) atoms. The summed E-state index contributed by atoms with van der Waals surface area (Å²) < 4.78 is 45.1. The summed E-state index contributed by atoms with van der Waals surface area (Å²) in [6.07, 6.45) is -0.959. The fourth-order valence-corrected chi connectivity index (χ4v) is 6.33. The lowest BCUT2D eigenvalue weighted by Crippen LogP contribution is -2.47. The molecule has 0 spiro atoms. The summed E-state index contributed by atoms with van der Waals surface area (Å²) in [4.78, 5) is 53.8. The van der Waals surface area contributed by atoms with E-state index in [1.165, 1.54) is 30.3 Å². The summed E-state index contributed by atoms with van der Waals surface area (Å²) >= 11 is 3.29. The Morgan fingerprint density at radius 2 is 1.80 bits per heavy atom. The number of hydrogen-bond acceptors (Lipinski definition) is 7. The molecule has 10 nitrogen and oxygen atoms in total. The minimum atomic E-state index is -4.84. The van der Waals surface area contributed by atoms with E-state index in [1.54, 1.807) is 26.0 Å². The third kappa shape index (κ3) is 5.24. The van der Waals surface area contributed by atoms with Gasteiger partial charge < -0.3 is 10.2 Å². The number of amides is 2. The molecule has 1 saturated carbocycles. The smallest absolute Gasteiger partial charge is 0.325 e. The molecule has 3 atom stereocenters. The second-order valence-electron chi connectivity index (χ2n) is 11.7. The number of aryl methyl sites for hydroxylation is 2. The SMILES string of the molecule is CC(=O)c1nn(CC(=O)N2[C@H]3C[C@@]3(C)C[C@H]2C(=O)Nc2nc(Br)ccc2C)c2c(C(F)(F)F)cc(-c3cnc(C)nc3)cc12. The topological polar surface area (TPSA) is 123 Å². The highest BCUT2D eigenvalue weighted by Crippen LogP contribution is 2.59. The van der Waals surface area contributed by atoms with Crippen LogP contribution in [0.2, 0.25) is 0 Å². The maximum atomic E-state index is 14.5. The molecule has 1 N–H and O–H groups in total. The Kier molecular flexibility index (Phi) is 7.10. The Balaban J connectivity index is 1.38. The van der Waals surface area contributed by atoms with Crippen molar-refractivity contribution in [3.63, 3.8) is 0 Å². The second kappa shape index (κ2) is 10.5. The lowest BCUT2D eigenvalue weighted by atomic mass is 10.00. The molecular weight excluding hydrogens is 643 g/mol. The molecule has 0 unspecified atom stereocenters. The van der Waals surface area contributed by atoms with Crippen molar-refractivity contribution in [2.75, 3.05) is 5.32 Å². The van der Waals surface area contributed by atoms with E-state index in [-0.39, 0.29) is 33.6 Å². The van der Waals surface area contributed by atoms with Crippen LogP contribution in [0.5, 0.6) is 0 Å². The number of Topliss-reactive ketones (excluding diaryl/α,β-unsaturated/α-hetero) is 1. The van der Waals surface area contributed by atoms with Crippen LogP contribution in [0.1, 0.15) is 54.1 Å². The highest BCUT2D eigenvalue weighted by molar-refractivity contribution is 9.10. The van der Waals surface area contributed by atoms with Gasteiger partial charge in [-0.15, -0.1) is 0 Å². The average Bonchev–Trinajstić information content (AvgIpc) is 3.31. The van der Waals surface area contributed by atoms with E-state index < -0.39 is 41.9 Å². The van der Waals surface area contributed by atoms with Gasteiger partial charge in [0.1, 0.15) is 34.5 Å². The molecule has 2 amide bonds. The Labute approximate surface area is 258 Å². The maximum Gasteiger partial charge on any atom is 0.418 e. The zero-order valence-corrected chi connectivity index (χ0v) is 25.7. The van der Waals surface area contributed by atoms with Gasteiger partial charge in [-0.1, -0.05) is 13.0 Å². The molecule has 1 aromatic carbocycles. The third-order valence-electron chi connectivity index (χ3n) is 8.41. The fraction of sp³-hybridized carbons (Fsp3) is 0.367. The van der Waals surface area contributed by atoms with Gasteiger partial charge >= 0.3 is 6.18 Å². The van der Waals surface area contributed by atoms with Gasteiger partial charge in [0, 0.05) is 36.3 Å². The van der Waals surface area contributed by atoms with Crippen LogP contribution in [0, 0.1) is 19.3 Å². The number of anilines is 1. The van der Waals surface area contributed by atoms with Crippen LogP contribution >= 0.6 is 15.9 Å². The Morgan fingerprint density at radius 3 is 2.45 bits per heavy atom. The van der Waals surface area contributed by atoms with Crippen molar-refractivity contribution in [1.29, 1.82) is 0 Å². The lowest BCUT2D eigenvalue weighted by Gasteiger charge is -2.27. The van der Waals surface area contributed by atoms with Crippen LogP contribution in [0.4, 0.5) is 19.0 Å². The van der Waals surface area contributed by atoms with Crippen LogP contribution in [-0.4, -0.2) is 59.3 Å². The van der Waals surface area contributed by atoms with Crippen molar-refractivity contribution < 1.29 is 27.6 Å². The number of likely N-dealkylation sites (tertiary alicyclic amines) is 1. The van der Waals surface area contributed by atoms with Gasteiger partial charge in [-0.25, -0.2) is 15.0 Å². The molecule has 3 aromatic heterocycles. The standard InChI is InChI=1S/C30H27BrF3N7O3/c1-14-5-6-23(31)37-27(14)38-28(44)21-9-29(4)10-22(29)41(21)24(43)13-40-26-19(25(39-40)15(2)42)7-17(8-20(26)30(32,33)34)18-11-35-16(3)36-12-18/h5-8,11-12,21-22H,9-10,13H2,1-4H3,(H,37,38,44)/t21-,22-,29+/m0/s1. The molecule has 14 heteroatoms. The van der Waals surface area contributed by atoms with Gasteiger partial charge in [-0.2, -0.15) is 18.3 Å². The highest BCUT2D eigenvalue weighted by Gasteiger charge is 2.64. The van der Waals surface area contributed by atoms with E-state index in [0.29, 0.717) is 34.7 Å². The summed E-state index contributed by atoms with van der Waals surface area (Å²) in [6.45, 7) is 6.03. The number of rotatable bonds is 6. The summed E-state index contributed by atoms with van der Waals surface area (Å²) in [6, 6.07) is 4.81. The Hall–Kier alpha value is -4.20. The number of piperidine rings is 1. The van der Waals surface area contributed by atoms with Crippen molar-refractivity contribution in [3.8, 4) is 11.1 Å². The highest BCUT2D eigenvalue weighted by atomic mass is 79.9. The normalized spacial score (nSPS) is 21.0. The minimum absolute atomic E-state index is 0.0427. The molecule has 1 aliphatic carbocycles. The predicted octanol–water partition coefficient (Wildman–Crippen LogP) is 5.51. The van der Waals surface area contributed by atoms with E-state index >= 15 is 0 Å². The molecule has 0 bridgehead atoms. The number of halogens is 4. The predicted molar refractivity (Wildman–Crippen MR) is 158 cm³/mol. The number of pyridine rings is 1. The van der Waals surface area contributed by atoms with Crippen molar-refractivity contribution in [1.82, 2.24) is 29.6 Å². The molecular formula is C30H27BrF3N7O3. The number of nitrogens with zero attached hydrogens (tertiary/aromatic N) is 6. The Morgan fingerprint density at radius 1 is 1.09 bits per heavy atom. The van der Waals surface area contributed by atoms with Gasteiger partial charge in [0.15, 0.2) is 5.78 Å². The summed E-state index contributed by atoms with van der Waals surface area (Å²) in [5, 5.41) is 6.97. The van der Waals surface area contributed by atoms with Crippen molar-refractivity contribution >= 4 is 50.2 Å². The molecule has 1 saturated heterocycles. The number of ketones is 1. The minimum Gasteiger partial charge on any atom is -0.325 e. The molecule has 2 fully saturated rings. The van der Waals surface area contributed by atoms with Gasteiger partial charge in [0.25, 0.3) is 0 Å². The molecule has 1 aliphatic heterocycles. The number of carbonyl (C=O) groups is 3. The monoisotopic (exact) mass is 669 g/mol. The first kappa shape index (κ1) is 29.9. The van der Waals surface area contributed by atoms with Crippen LogP contribution < -0.4 is 5.32 Å². The lowest BCUT2D eigenvalue weighted by molar-refractivity contribution is -0.139. The largest absolute Gasteiger partial charge is 0.418 e. The van der Waals surface area contributed by atoms with Crippen LogP contribution in [0.15, 0.2) is 41.3 Å². The average molecular weight is 670 g/mol. The van der Waals surface area contributed by atoms with Crippen LogP contribution in [-0.2, 0) is 22.3 Å². The van der Waals surface area contributed by atoms with Crippen molar-refractivity contribution in [3.05, 3.63) is 63.9 Å². The van der Waals surface area contributed by atoms with Gasteiger partial charge in [-0.05, 0) is 77.4 Å². The number of nitrogens with one attached hydrogen (secondary N) is 1. The maximum absolute atomic E-state index is 14.5. The zero-order chi connectivity index (χ0) is 31.7. The molecule has 2 aliphatic rings. The number of aromatic nitrogens is 5. The number of hydrogen-bond donors (Lipinski definition) is 1. The molecule has 6 rings (SSSR count). The second-order valence-corrected chi connectivity index (χ2v) is 12.5. The van der Waals surface area contributed by atoms with E-state index in [1.807, 2.05) is 6.92 Å². The zero-order valence-electron chi connectivity index (χ0n) is 24.2. The number of fused-ring (bicyclic) bond motifs is 2. The Bertz CT molecular complexity index is 1860. The number of alkyl halides is 3. The van der Waals surface area contributed by atoms with Crippen LogP contribution in [0.25, 0.3) is 22.0 Å². The van der Waals surface area contributed by atoms with Crippen molar-refractivity contribution in [2.45, 2.75) is 65.3 Å². The van der Waals surface area contributed by atoms with Gasteiger partial charge in [-0.3, -0.25) is 19.1 Å². The first-order valence-electron chi connectivity index (χ1n) is 13.8. The first-order valence-corrected chi connectivity index (χ1v) is 14.6. The molecule has 228 valence electrons. The summed E-state index contributed by atoms with van der Waals surface area (Å²) in [7, 11) is 0.